The van der Waals surface area contributed by atoms with Crippen LogP contribution in [0.1, 0.15) is 125 Å². The van der Waals surface area contributed by atoms with E-state index in [4.69, 9.17) is 11.6 Å². The maximum Gasteiger partial charge on any atom is 0.224 e. The highest BCUT2D eigenvalue weighted by Crippen LogP contribution is 2.37. The Bertz CT molecular complexity index is 1350. The molecule has 0 fully saturated rings. The van der Waals surface area contributed by atoms with Crippen molar-refractivity contribution < 1.29 is 18.4 Å². The number of unbranched alkanes of at least 4 members (excludes halogenated alkanes) is 5. The Morgan fingerprint density at radius 1 is 0.891 bits per heavy atom. The van der Waals surface area contributed by atoms with Crippen LogP contribution < -0.4 is 5.32 Å². The molecule has 2 aromatic carbocycles. The summed E-state index contributed by atoms with van der Waals surface area (Å²) in [5.74, 6) is 0.635. The van der Waals surface area contributed by atoms with E-state index in [1.807, 2.05) is 18.4 Å². The third-order valence-corrected chi connectivity index (χ3v) is 7.80. The average molecular weight is 660 g/mol. The van der Waals surface area contributed by atoms with Crippen LogP contribution in [0, 0.1) is 24.5 Å². The molecule has 1 aromatic heterocycles. The molecule has 1 atom stereocenters. The largest absolute Gasteiger partial charge is 0.328 e. The van der Waals surface area contributed by atoms with Crippen molar-refractivity contribution in [2.75, 3.05) is 5.32 Å². The fraction of sp³-hybridized carbons (Fsp3) is 0.553. The van der Waals surface area contributed by atoms with Crippen LogP contribution in [0.4, 0.5) is 14.5 Å². The van der Waals surface area contributed by atoms with Gasteiger partial charge in [0.1, 0.15) is 23.2 Å². The molecule has 1 N–H and O–H groups in total. The lowest BCUT2D eigenvalue weighted by atomic mass is 10.0. The number of anilines is 1. The summed E-state index contributed by atoms with van der Waals surface area (Å²) < 4.78 is 31.3. The molecule has 0 saturated carbocycles. The van der Waals surface area contributed by atoms with Crippen molar-refractivity contribution in [3.63, 3.8) is 0 Å². The number of carbonyl (C=O) groups is 2. The van der Waals surface area contributed by atoms with Crippen LogP contribution in [0.2, 0.25) is 5.02 Å². The first kappa shape index (κ1) is 41.0. The molecule has 46 heavy (non-hydrogen) atoms. The van der Waals surface area contributed by atoms with Gasteiger partial charge in [0.15, 0.2) is 0 Å². The first-order valence-corrected chi connectivity index (χ1v) is 17.4. The van der Waals surface area contributed by atoms with Gasteiger partial charge in [0, 0.05) is 29.1 Å². The minimum Gasteiger partial charge on any atom is -0.328 e. The monoisotopic (exact) mass is 659 g/mol. The zero-order valence-corrected chi connectivity index (χ0v) is 30.1. The number of Topliss-reactive ketones (excluding diaryl/α,β-unsaturated/α-hetero) is 1. The lowest BCUT2D eigenvalue weighted by Gasteiger charge is -2.14. The first-order chi connectivity index (χ1) is 21.9. The van der Waals surface area contributed by atoms with Gasteiger partial charge < -0.3 is 14.7 Å². The van der Waals surface area contributed by atoms with Crippen molar-refractivity contribution >= 4 is 29.0 Å². The SMILES string of the molecule is CC(C)=O.CCCCCCC(C)CC.CCCCCn1c(C)nc(-c2cc(Cl)ccc2F)c1-c1ccc(F)c(NC(=O)CCC)c1. The number of hydrogen-bond acceptors (Lipinski definition) is 3. The van der Waals surface area contributed by atoms with Crippen molar-refractivity contribution in [3.8, 4) is 22.5 Å². The topological polar surface area (TPSA) is 64.0 Å². The summed E-state index contributed by atoms with van der Waals surface area (Å²) in [6.45, 7) is 16.5. The number of ketones is 1. The van der Waals surface area contributed by atoms with Gasteiger partial charge >= 0.3 is 0 Å². The third kappa shape index (κ3) is 14.6. The maximum absolute atomic E-state index is 14.8. The molecule has 0 aliphatic rings. The van der Waals surface area contributed by atoms with Gasteiger partial charge in [-0.05, 0) is 75.9 Å². The second kappa shape index (κ2) is 22.5. The lowest BCUT2D eigenvalue weighted by molar-refractivity contribution is -0.116. The molecule has 0 aliphatic heterocycles. The van der Waals surface area contributed by atoms with Gasteiger partial charge in [0.05, 0.1) is 17.1 Å². The van der Waals surface area contributed by atoms with Gasteiger partial charge in [-0.2, -0.15) is 0 Å². The van der Waals surface area contributed by atoms with Gasteiger partial charge in [-0.1, -0.05) is 97.6 Å². The second-order valence-corrected chi connectivity index (χ2v) is 12.5. The van der Waals surface area contributed by atoms with E-state index >= 15 is 0 Å². The Kier molecular flexibility index (Phi) is 20.0. The summed E-state index contributed by atoms with van der Waals surface area (Å²) in [6, 6.07) is 8.88. The number of imidazole rings is 1. The fourth-order valence-electron chi connectivity index (χ4n) is 4.85. The minimum atomic E-state index is -0.526. The van der Waals surface area contributed by atoms with E-state index in [0.29, 0.717) is 41.4 Å². The zero-order chi connectivity index (χ0) is 34.6. The third-order valence-electron chi connectivity index (χ3n) is 7.57. The van der Waals surface area contributed by atoms with Gasteiger partial charge in [-0.15, -0.1) is 0 Å². The van der Waals surface area contributed by atoms with E-state index < -0.39 is 11.6 Å². The van der Waals surface area contributed by atoms with Crippen molar-refractivity contribution in [3.05, 3.63) is 58.9 Å². The number of aromatic nitrogens is 2. The molecule has 0 bridgehead atoms. The van der Waals surface area contributed by atoms with Gasteiger partial charge in [0.25, 0.3) is 0 Å². The fourth-order valence-corrected chi connectivity index (χ4v) is 5.02. The van der Waals surface area contributed by atoms with Crippen molar-refractivity contribution in [2.24, 2.45) is 5.92 Å². The predicted octanol–water partition coefficient (Wildman–Crippen LogP) is 12.0. The van der Waals surface area contributed by atoms with Crippen LogP contribution in [0.25, 0.3) is 22.5 Å². The normalized spacial score (nSPS) is 11.2. The first-order valence-electron chi connectivity index (χ1n) is 17.0. The highest BCUT2D eigenvalue weighted by atomic mass is 35.5. The maximum atomic E-state index is 14.8. The lowest BCUT2D eigenvalue weighted by Crippen LogP contribution is -2.12. The van der Waals surface area contributed by atoms with E-state index in [1.165, 1.54) is 70.6 Å². The Hall–Kier alpha value is -3.06. The predicted molar refractivity (Wildman–Crippen MR) is 190 cm³/mol. The standard InChI is InChI=1S/C25H28ClF2N3O.C10H22.C3H6O/c1-4-6-7-13-31-16(3)29-24(19-15-18(26)10-12-20(19)27)25(31)17-9-11-21(28)22(14-17)30-23(32)8-5-2;1-4-6-7-8-9-10(3)5-2;1-3(2)4/h9-12,14-15H,4-8,13H2,1-3H3,(H,30,32);10H,4-9H2,1-3H3;1-2H3. The van der Waals surface area contributed by atoms with Crippen LogP contribution in [0.3, 0.4) is 0 Å². The van der Waals surface area contributed by atoms with E-state index in [2.05, 4.69) is 38.0 Å². The molecule has 8 heteroatoms. The highest BCUT2D eigenvalue weighted by molar-refractivity contribution is 6.30. The number of nitrogens with one attached hydrogen (secondary N) is 1. The van der Waals surface area contributed by atoms with Crippen molar-refractivity contribution in [2.45, 2.75) is 133 Å². The summed E-state index contributed by atoms with van der Waals surface area (Å²) >= 11 is 6.15. The van der Waals surface area contributed by atoms with E-state index in [0.717, 1.165) is 31.0 Å². The van der Waals surface area contributed by atoms with Crippen LogP contribution in [-0.4, -0.2) is 21.2 Å². The summed E-state index contributed by atoms with van der Waals surface area (Å²) in [4.78, 5) is 26.2. The smallest absolute Gasteiger partial charge is 0.224 e. The van der Waals surface area contributed by atoms with Gasteiger partial charge in [-0.3, -0.25) is 4.79 Å². The molecule has 3 rings (SSSR count). The minimum absolute atomic E-state index is 0.0948. The molecule has 1 unspecified atom stereocenters. The van der Waals surface area contributed by atoms with Crippen molar-refractivity contribution in [1.29, 1.82) is 0 Å². The average Bonchev–Trinajstić information content (AvgIpc) is 3.33. The number of aryl methyl sites for hydroxylation is 1. The number of nitrogens with zero attached hydrogens (tertiary/aromatic N) is 2. The molecule has 5 nitrogen and oxygen atoms in total. The Morgan fingerprint density at radius 3 is 2.13 bits per heavy atom. The van der Waals surface area contributed by atoms with E-state index in [1.54, 1.807) is 18.2 Å². The quantitative estimate of drug-likeness (QED) is 0.165. The molecule has 0 radical (unpaired) electrons. The van der Waals surface area contributed by atoms with E-state index in [-0.39, 0.29) is 22.9 Å². The molecule has 256 valence electrons. The second-order valence-electron chi connectivity index (χ2n) is 12.1. The molecular weight excluding hydrogens is 604 g/mol. The number of halogens is 3. The molecule has 3 aromatic rings. The van der Waals surface area contributed by atoms with Crippen molar-refractivity contribution in [1.82, 2.24) is 9.55 Å². The number of benzene rings is 2. The Morgan fingerprint density at radius 2 is 1.52 bits per heavy atom. The van der Waals surface area contributed by atoms with Gasteiger partial charge in [-0.25, -0.2) is 13.8 Å². The van der Waals surface area contributed by atoms with Crippen LogP contribution in [0.15, 0.2) is 36.4 Å². The molecular formula is C38H56ClF2N3O2. The number of hydrogen-bond donors (Lipinski definition) is 1. The molecule has 0 saturated heterocycles. The molecule has 1 heterocycles. The summed E-state index contributed by atoms with van der Waals surface area (Å²) in [5.41, 5.74) is 2.13. The summed E-state index contributed by atoms with van der Waals surface area (Å²) in [7, 11) is 0. The Balaban J connectivity index is 0.000000632. The molecule has 0 aliphatic carbocycles. The van der Waals surface area contributed by atoms with Gasteiger partial charge in [0.2, 0.25) is 5.91 Å². The van der Waals surface area contributed by atoms with Crippen LogP contribution in [-0.2, 0) is 16.1 Å². The number of carbonyl (C=O) groups excluding carboxylic acids is 2. The Labute approximate surface area is 281 Å². The number of rotatable bonds is 15. The van der Waals surface area contributed by atoms with E-state index in [9.17, 15) is 18.4 Å². The molecule has 0 spiro atoms. The van der Waals surface area contributed by atoms with Crippen LogP contribution in [0.5, 0.6) is 0 Å². The zero-order valence-electron chi connectivity index (χ0n) is 29.4. The van der Waals surface area contributed by atoms with Crippen LogP contribution >= 0.6 is 11.6 Å². The number of amides is 1. The highest BCUT2D eigenvalue weighted by Gasteiger charge is 2.22. The summed E-state index contributed by atoms with van der Waals surface area (Å²) in [5, 5.41) is 3.04. The summed E-state index contributed by atoms with van der Waals surface area (Å²) in [6.07, 6.45) is 12.5. The molecule has 1 amide bonds.